The molecule has 0 unspecified atom stereocenters. The predicted octanol–water partition coefficient (Wildman–Crippen LogP) is 3.57. The maximum Gasteiger partial charge on any atom is 0.258 e. The average Bonchev–Trinajstić information content (AvgIpc) is 2.67. The standard InChI is InChI=1S/C22H31FN2O4/c1-21(9-4-10-21)13-25-19(26)17-15(28-3)5-6-16(18(17)23)29-14-7-11-22(2,12-8-14)20(24)27/h5-6,14H,4,7-13H2,1-3H3,(H2,24,27)(H,25,26). The van der Waals surface area contributed by atoms with E-state index >= 15 is 4.39 Å². The Bertz CT molecular complexity index is 783. The van der Waals surface area contributed by atoms with Gasteiger partial charge >= 0.3 is 0 Å². The third-order valence-electron chi connectivity index (χ3n) is 6.68. The summed E-state index contributed by atoms with van der Waals surface area (Å²) < 4.78 is 26.3. The molecule has 7 heteroatoms. The van der Waals surface area contributed by atoms with E-state index in [1.54, 1.807) is 6.07 Å². The van der Waals surface area contributed by atoms with Gasteiger partial charge in [-0.15, -0.1) is 0 Å². The summed E-state index contributed by atoms with van der Waals surface area (Å²) in [4.78, 5) is 24.3. The molecule has 0 bridgehead atoms. The number of hydrogen-bond acceptors (Lipinski definition) is 4. The van der Waals surface area contributed by atoms with Gasteiger partial charge in [0.05, 0.1) is 13.2 Å². The van der Waals surface area contributed by atoms with Crippen molar-refractivity contribution in [2.75, 3.05) is 13.7 Å². The van der Waals surface area contributed by atoms with Crippen LogP contribution in [0, 0.1) is 16.6 Å². The zero-order valence-electron chi connectivity index (χ0n) is 17.5. The van der Waals surface area contributed by atoms with Gasteiger partial charge in [-0.25, -0.2) is 4.39 Å². The molecule has 2 saturated carbocycles. The van der Waals surface area contributed by atoms with Crippen molar-refractivity contribution >= 4 is 11.8 Å². The second-order valence-corrected chi connectivity index (χ2v) is 9.04. The largest absolute Gasteiger partial charge is 0.496 e. The lowest BCUT2D eigenvalue weighted by Crippen LogP contribution is -2.40. The number of hydrogen-bond donors (Lipinski definition) is 2. The number of primary amides is 1. The number of halogens is 1. The summed E-state index contributed by atoms with van der Waals surface area (Å²) in [5.74, 6) is -1.33. The molecule has 0 atom stereocenters. The van der Waals surface area contributed by atoms with Gasteiger partial charge in [0.25, 0.3) is 5.91 Å². The fourth-order valence-electron chi connectivity index (χ4n) is 4.12. The van der Waals surface area contributed by atoms with Crippen LogP contribution in [0.4, 0.5) is 4.39 Å². The molecule has 0 aliphatic heterocycles. The number of carbonyl (C=O) groups excluding carboxylic acids is 2. The van der Waals surface area contributed by atoms with Crippen molar-refractivity contribution in [3.63, 3.8) is 0 Å². The van der Waals surface area contributed by atoms with E-state index in [9.17, 15) is 9.59 Å². The molecule has 29 heavy (non-hydrogen) atoms. The molecule has 160 valence electrons. The van der Waals surface area contributed by atoms with Gasteiger partial charge < -0.3 is 20.5 Å². The Kier molecular flexibility index (Phi) is 6.05. The molecular weight excluding hydrogens is 375 g/mol. The molecule has 0 heterocycles. The molecular formula is C22H31FN2O4. The van der Waals surface area contributed by atoms with Crippen LogP contribution in [-0.4, -0.2) is 31.6 Å². The predicted molar refractivity (Wildman–Crippen MR) is 107 cm³/mol. The van der Waals surface area contributed by atoms with Gasteiger partial charge in [-0.1, -0.05) is 20.3 Å². The van der Waals surface area contributed by atoms with Crippen molar-refractivity contribution in [2.24, 2.45) is 16.6 Å². The highest BCUT2D eigenvalue weighted by Crippen LogP contribution is 2.40. The van der Waals surface area contributed by atoms with Crippen molar-refractivity contribution in [2.45, 2.75) is 64.9 Å². The number of nitrogens with two attached hydrogens (primary N) is 1. The van der Waals surface area contributed by atoms with E-state index in [-0.39, 0.29) is 34.5 Å². The van der Waals surface area contributed by atoms with Crippen LogP contribution in [0.5, 0.6) is 11.5 Å². The number of benzene rings is 1. The number of rotatable bonds is 7. The van der Waals surface area contributed by atoms with Gasteiger partial charge in [-0.05, 0) is 56.1 Å². The third-order valence-corrected chi connectivity index (χ3v) is 6.68. The molecule has 6 nitrogen and oxygen atoms in total. The van der Waals surface area contributed by atoms with E-state index in [4.69, 9.17) is 15.2 Å². The van der Waals surface area contributed by atoms with Crippen LogP contribution in [0.2, 0.25) is 0 Å². The molecule has 2 amide bonds. The van der Waals surface area contributed by atoms with Crippen molar-refractivity contribution in [3.8, 4) is 11.5 Å². The number of amides is 2. The van der Waals surface area contributed by atoms with Crippen LogP contribution in [0.15, 0.2) is 12.1 Å². The molecule has 3 N–H and O–H groups in total. The highest BCUT2D eigenvalue weighted by Gasteiger charge is 2.37. The molecule has 0 spiro atoms. The Hall–Kier alpha value is -2.31. The Balaban J connectivity index is 1.71. The summed E-state index contributed by atoms with van der Waals surface area (Å²) in [7, 11) is 1.41. The lowest BCUT2D eigenvalue weighted by Gasteiger charge is -2.38. The number of methoxy groups -OCH3 is 1. The van der Waals surface area contributed by atoms with Gasteiger partial charge in [-0.2, -0.15) is 0 Å². The molecule has 2 aliphatic carbocycles. The first kappa shape index (κ1) is 21.4. The SMILES string of the molecule is COc1ccc(OC2CCC(C)(C(N)=O)CC2)c(F)c1C(=O)NCC1(C)CCC1. The van der Waals surface area contributed by atoms with E-state index in [0.29, 0.717) is 32.2 Å². The minimum Gasteiger partial charge on any atom is -0.496 e. The number of nitrogens with one attached hydrogen (secondary N) is 1. The Morgan fingerprint density at radius 1 is 1.17 bits per heavy atom. The van der Waals surface area contributed by atoms with E-state index in [2.05, 4.69) is 12.2 Å². The second kappa shape index (κ2) is 8.20. The van der Waals surface area contributed by atoms with Gasteiger partial charge in [0.1, 0.15) is 11.3 Å². The zero-order chi connectivity index (χ0) is 21.2. The molecule has 0 saturated heterocycles. The first-order valence-corrected chi connectivity index (χ1v) is 10.3. The highest BCUT2D eigenvalue weighted by molar-refractivity contribution is 5.97. The minimum absolute atomic E-state index is 0.0264. The summed E-state index contributed by atoms with van der Waals surface area (Å²) in [6.07, 6.45) is 5.44. The Morgan fingerprint density at radius 2 is 1.79 bits per heavy atom. The van der Waals surface area contributed by atoms with Gasteiger partial charge in [0.2, 0.25) is 5.91 Å². The van der Waals surface area contributed by atoms with E-state index in [0.717, 1.165) is 19.3 Å². The lowest BCUT2D eigenvalue weighted by molar-refractivity contribution is -0.129. The summed E-state index contributed by atoms with van der Waals surface area (Å²) >= 11 is 0. The van der Waals surface area contributed by atoms with E-state index < -0.39 is 17.1 Å². The fraction of sp³-hybridized carbons (Fsp3) is 0.636. The molecule has 0 radical (unpaired) electrons. The van der Waals surface area contributed by atoms with Gasteiger partial charge in [0, 0.05) is 12.0 Å². The molecule has 1 aromatic rings. The van der Waals surface area contributed by atoms with Crippen LogP contribution in [0.1, 0.15) is 69.2 Å². The summed E-state index contributed by atoms with van der Waals surface area (Å²) in [6, 6.07) is 3.04. The molecule has 2 fully saturated rings. The van der Waals surface area contributed by atoms with Gasteiger partial charge in [-0.3, -0.25) is 9.59 Å². The normalized spacial score (nSPS) is 25.6. The molecule has 3 rings (SSSR count). The molecule has 1 aromatic carbocycles. The number of carbonyl (C=O) groups is 2. The minimum atomic E-state index is -0.719. The monoisotopic (exact) mass is 406 g/mol. The Labute approximate surface area is 171 Å². The third kappa shape index (κ3) is 4.49. The smallest absolute Gasteiger partial charge is 0.258 e. The summed E-state index contributed by atoms with van der Waals surface area (Å²) in [5, 5.41) is 2.85. The van der Waals surface area contributed by atoms with E-state index in [1.807, 2.05) is 6.92 Å². The first-order valence-electron chi connectivity index (χ1n) is 10.3. The lowest BCUT2D eigenvalue weighted by atomic mass is 9.70. The quantitative estimate of drug-likeness (QED) is 0.724. The van der Waals surface area contributed by atoms with Crippen molar-refractivity contribution in [3.05, 3.63) is 23.5 Å². The maximum atomic E-state index is 15.2. The van der Waals surface area contributed by atoms with Crippen LogP contribution < -0.4 is 20.5 Å². The highest BCUT2D eigenvalue weighted by atomic mass is 19.1. The van der Waals surface area contributed by atoms with Crippen molar-refractivity contribution < 1.29 is 23.5 Å². The van der Waals surface area contributed by atoms with Crippen LogP contribution in [0.3, 0.4) is 0 Å². The molecule has 0 aromatic heterocycles. The van der Waals surface area contributed by atoms with Crippen LogP contribution in [-0.2, 0) is 4.79 Å². The zero-order valence-corrected chi connectivity index (χ0v) is 17.5. The van der Waals surface area contributed by atoms with Crippen LogP contribution >= 0.6 is 0 Å². The second-order valence-electron chi connectivity index (χ2n) is 9.04. The summed E-state index contributed by atoms with van der Waals surface area (Å²) in [5.41, 5.74) is 4.90. The van der Waals surface area contributed by atoms with Crippen molar-refractivity contribution in [1.82, 2.24) is 5.32 Å². The topological polar surface area (TPSA) is 90.7 Å². The van der Waals surface area contributed by atoms with Crippen LogP contribution in [0.25, 0.3) is 0 Å². The van der Waals surface area contributed by atoms with E-state index in [1.165, 1.54) is 13.2 Å². The first-order chi connectivity index (χ1) is 13.7. The van der Waals surface area contributed by atoms with Gasteiger partial charge in [0.15, 0.2) is 11.6 Å². The molecule has 2 aliphatic rings. The van der Waals surface area contributed by atoms with Crippen molar-refractivity contribution in [1.29, 1.82) is 0 Å². The maximum absolute atomic E-state index is 15.2. The Morgan fingerprint density at radius 3 is 2.31 bits per heavy atom. The average molecular weight is 406 g/mol. The summed E-state index contributed by atoms with van der Waals surface area (Å²) in [6.45, 7) is 4.48. The number of ether oxygens (including phenoxy) is 2. The fourth-order valence-corrected chi connectivity index (χ4v) is 4.12.